The van der Waals surface area contributed by atoms with Gasteiger partial charge >= 0.3 is 5.97 Å². The Morgan fingerprint density at radius 1 is 1.09 bits per heavy atom. The Morgan fingerprint density at radius 3 is 2.55 bits per heavy atom. The molecule has 0 aliphatic carbocycles. The van der Waals surface area contributed by atoms with Crippen molar-refractivity contribution in [3.05, 3.63) is 72.6 Å². The van der Waals surface area contributed by atoms with Gasteiger partial charge in [-0.25, -0.2) is 13.2 Å². The summed E-state index contributed by atoms with van der Waals surface area (Å²) in [4.78, 5) is 14.7. The Hall–Kier alpha value is -3.79. The van der Waals surface area contributed by atoms with E-state index < -0.39 is 22.6 Å². The average Bonchev–Trinajstić information content (AvgIpc) is 2.80. The third-order valence-electron chi connectivity index (χ3n) is 4.62. The number of carboxylic acids is 1. The topological polar surface area (TPSA) is 118 Å². The molecule has 2 N–H and O–H groups in total. The van der Waals surface area contributed by atoms with Crippen LogP contribution in [0.1, 0.15) is 5.56 Å². The number of carbonyl (C=O) groups is 1. The maximum absolute atomic E-state index is 13.3. The van der Waals surface area contributed by atoms with Gasteiger partial charge in [0.15, 0.2) is 6.61 Å². The van der Waals surface area contributed by atoms with Crippen LogP contribution in [0.25, 0.3) is 0 Å². The average molecular weight is 472 g/mol. The van der Waals surface area contributed by atoms with Crippen LogP contribution in [0.2, 0.25) is 0 Å². The molecule has 0 saturated heterocycles. The second-order valence-electron chi connectivity index (χ2n) is 7.12. The molecule has 3 aromatic rings. The van der Waals surface area contributed by atoms with Gasteiger partial charge < -0.3 is 19.9 Å². The van der Waals surface area contributed by atoms with Crippen molar-refractivity contribution in [1.29, 1.82) is 0 Å². The van der Waals surface area contributed by atoms with Gasteiger partial charge in [-0.05, 0) is 48.9 Å². The van der Waals surface area contributed by atoms with Crippen molar-refractivity contribution in [2.24, 2.45) is 0 Å². The molecular formula is C23H25N3O6S. The quantitative estimate of drug-likeness (QED) is 0.410. The summed E-state index contributed by atoms with van der Waals surface area (Å²) in [5.74, 6) is -0.702. The van der Waals surface area contributed by atoms with Crippen molar-refractivity contribution in [3.8, 4) is 11.5 Å². The highest BCUT2D eigenvalue weighted by Gasteiger charge is 2.26. The molecule has 3 rings (SSSR count). The second-order valence-corrected chi connectivity index (χ2v) is 9.05. The van der Waals surface area contributed by atoms with Crippen molar-refractivity contribution in [3.63, 3.8) is 0 Å². The predicted octanol–water partition coefficient (Wildman–Crippen LogP) is 3.17. The maximum Gasteiger partial charge on any atom is 0.341 e. The molecule has 0 bridgehead atoms. The van der Waals surface area contributed by atoms with Crippen LogP contribution >= 0.6 is 0 Å². The number of ether oxygens (including phenoxy) is 2. The monoisotopic (exact) mass is 471 g/mol. The van der Waals surface area contributed by atoms with E-state index in [-0.39, 0.29) is 10.6 Å². The van der Waals surface area contributed by atoms with Crippen LogP contribution in [-0.2, 0) is 14.8 Å². The molecule has 0 unspecified atom stereocenters. The molecule has 0 aliphatic heterocycles. The third-order valence-corrected chi connectivity index (χ3v) is 6.44. The van der Waals surface area contributed by atoms with E-state index in [2.05, 4.69) is 10.3 Å². The molecule has 0 amide bonds. The summed E-state index contributed by atoms with van der Waals surface area (Å²) < 4.78 is 38.7. The van der Waals surface area contributed by atoms with Gasteiger partial charge in [0.25, 0.3) is 10.0 Å². The first kappa shape index (κ1) is 23.9. The van der Waals surface area contributed by atoms with Crippen LogP contribution < -0.4 is 19.1 Å². The number of sulfonamides is 1. The lowest BCUT2D eigenvalue weighted by atomic mass is 10.2. The largest absolute Gasteiger partial charge is 0.492 e. The molecule has 1 heterocycles. The zero-order valence-corrected chi connectivity index (χ0v) is 19.1. The maximum atomic E-state index is 13.3. The third kappa shape index (κ3) is 6.36. The molecule has 9 nitrogen and oxygen atoms in total. The number of rotatable bonds is 11. The van der Waals surface area contributed by atoms with Crippen molar-refractivity contribution in [1.82, 2.24) is 4.98 Å². The van der Waals surface area contributed by atoms with E-state index in [0.29, 0.717) is 24.6 Å². The van der Waals surface area contributed by atoms with Crippen LogP contribution in [0, 0.1) is 6.92 Å². The minimum absolute atomic E-state index is 0.0296. The normalized spacial score (nSPS) is 11.0. The molecular weight excluding hydrogens is 446 g/mol. The number of hydrogen-bond acceptors (Lipinski definition) is 7. The van der Waals surface area contributed by atoms with Gasteiger partial charge in [-0.15, -0.1) is 0 Å². The first-order valence-corrected chi connectivity index (χ1v) is 11.5. The van der Waals surface area contributed by atoms with Crippen LogP contribution in [0.5, 0.6) is 11.5 Å². The summed E-state index contributed by atoms with van der Waals surface area (Å²) in [6.07, 6.45) is 3.38. The number of benzene rings is 2. The highest BCUT2D eigenvalue weighted by Crippen LogP contribution is 2.31. The Labute approximate surface area is 192 Å². The van der Waals surface area contributed by atoms with Crippen molar-refractivity contribution < 1.29 is 27.8 Å². The summed E-state index contributed by atoms with van der Waals surface area (Å²) in [6.45, 7) is 2.12. The summed E-state index contributed by atoms with van der Waals surface area (Å²) >= 11 is 0. The number of hydrogen-bond donors (Lipinski definition) is 2. The van der Waals surface area contributed by atoms with Gasteiger partial charge in [0.1, 0.15) is 23.0 Å². The molecule has 0 fully saturated rings. The Balaban J connectivity index is 1.74. The molecule has 0 saturated carbocycles. The fourth-order valence-electron chi connectivity index (χ4n) is 3.04. The molecule has 0 atom stereocenters. The van der Waals surface area contributed by atoms with E-state index in [9.17, 15) is 13.2 Å². The van der Waals surface area contributed by atoms with Gasteiger partial charge in [0, 0.05) is 37.7 Å². The SMILES string of the molecule is Cc1cc(OCCNc2ccncc2)cc(N(C)S(=O)(=O)c2ccccc2OCC(=O)O)c1. The van der Waals surface area contributed by atoms with Gasteiger partial charge in [-0.2, -0.15) is 0 Å². The number of pyridine rings is 1. The molecule has 2 aromatic carbocycles. The number of para-hydroxylation sites is 1. The smallest absolute Gasteiger partial charge is 0.341 e. The highest BCUT2D eigenvalue weighted by molar-refractivity contribution is 7.92. The van der Waals surface area contributed by atoms with Gasteiger partial charge in [-0.3, -0.25) is 9.29 Å². The number of carboxylic acid groups (broad SMARTS) is 1. The van der Waals surface area contributed by atoms with E-state index in [1.165, 1.54) is 19.2 Å². The first-order valence-electron chi connectivity index (χ1n) is 10.1. The predicted molar refractivity (Wildman–Crippen MR) is 125 cm³/mol. The zero-order valence-electron chi connectivity index (χ0n) is 18.3. The molecule has 33 heavy (non-hydrogen) atoms. The molecule has 0 radical (unpaired) electrons. The Kier molecular flexibility index (Phi) is 7.73. The lowest BCUT2D eigenvalue weighted by Crippen LogP contribution is -2.27. The van der Waals surface area contributed by atoms with Gasteiger partial charge in [0.05, 0.1) is 5.69 Å². The van der Waals surface area contributed by atoms with Crippen LogP contribution in [-0.4, -0.2) is 51.3 Å². The zero-order chi connectivity index (χ0) is 23.8. The van der Waals surface area contributed by atoms with Crippen molar-refractivity contribution in [2.75, 3.05) is 36.4 Å². The first-order chi connectivity index (χ1) is 15.8. The molecule has 0 spiro atoms. The fraction of sp³-hybridized carbons (Fsp3) is 0.217. The second kappa shape index (κ2) is 10.7. The van der Waals surface area contributed by atoms with E-state index >= 15 is 0 Å². The van der Waals surface area contributed by atoms with Gasteiger partial charge in [-0.1, -0.05) is 12.1 Å². The van der Waals surface area contributed by atoms with Gasteiger partial charge in [0.2, 0.25) is 0 Å². The van der Waals surface area contributed by atoms with E-state index in [0.717, 1.165) is 15.6 Å². The standard InChI is InChI=1S/C23H25N3O6S/c1-17-13-19(15-20(14-17)31-12-11-25-18-7-9-24-10-8-18)26(2)33(29,30)22-6-4-3-5-21(22)32-16-23(27)28/h3-10,13-15H,11-12,16H2,1-2H3,(H,24,25)(H,27,28). The van der Waals surface area contributed by atoms with Crippen LogP contribution in [0.4, 0.5) is 11.4 Å². The number of nitrogens with zero attached hydrogens (tertiary/aromatic N) is 2. The van der Waals surface area contributed by atoms with Crippen molar-refractivity contribution in [2.45, 2.75) is 11.8 Å². The van der Waals surface area contributed by atoms with Crippen LogP contribution in [0.3, 0.4) is 0 Å². The van der Waals surface area contributed by atoms with E-state index in [4.69, 9.17) is 14.6 Å². The lowest BCUT2D eigenvalue weighted by molar-refractivity contribution is -0.139. The number of aliphatic carboxylic acids is 1. The van der Waals surface area contributed by atoms with E-state index in [1.54, 1.807) is 36.7 Å². The van der Waals surface area contributed by atoms with E-state index in [1.807, 2.05) is 25.1 Å². The minimum atomic E-state index is -4.02. The lowest BCUT2D eigenvalue weighted by Gasteiger charge is -2.22. The number of anilines is 2. The van der Waals surface area contributed by atoms with Crippen LogP contribution in [0.15, 0.2) is 71.9 Å². The summed E-state index contributed by atoms with van der Waals surface area (Å²) in [7, 11) is -2.60. The minimum Gasteiger partial charge on any atom is -0.492 e. The molecule has 10 heteroatoms. The summed E-state index contributed by atoms with van der Waals surface area (Å²) in [6, 6.07) is 14.8. The number of nitrogens with one attached hydrogen (secondary N) is 1. The molecule has 174 valence electrons. The van der Waals surface area contributed by atoms with Crippen molar-refractivity contribution >= 4 is 27.4 Å². The molecule has 0 aliphatic rings. The summed E-state index contributed by atoms with van der Waals surface area (Å²) in [5.41, 5.74) is 2.15. The molecule has 1 aromatic heterocycles. The summed E-state index contributed by atoms with van der Waals surface area (Å²) in [5, 5.41) is 12.1. The number of aromatic nitrogens is 1. The fourth-order valence-corrected chi connectivity index (χ4v) is 4.35. The highest BCUT2D eigenvalue weighted by atomic mass is 32.2. The Morgan fingerprint density at radius 2 is 1.82 bits per heavy atom. The number of aryl methyl sites for hydroxylation is 1. The Bertz CT molecular complexity index is 1200.